The molecule has 4 nitrogen and oxygen atoms in total. The Morgan fingerprint density at radius 2 is 1.92 bits per heavy atom. The minimum absolute atomic E-state index is 0. The summed E-state index contributed by atoms with van der Waals surface area (Å²) in [5.41, 5.74) is 0. The second-order valence-electron chi connectivity index (χ2n) is 6.70. The molecule has 1 fully saturated rings. The van der Waals surface area contributed by atoms with E-state index in [9.17, 15) is 4.39 Å². The number of rotatable bonds is 7. The van der Waals surface area contributed by atoms with Gasteiger partial charge in [0, 0.05) is 43.7 Å². The highest BCUT2D eigenvalue weighted by atomic mass is 127. The molecule has 0 radical (unpaired) electrons. The van der Waals surface area contributed by atoms with Crippen molar-refractivity contribution < 1.29 is 4.39 Å². The van der Waals surface area contributed by atoms with Gasteiger partial charge in [0.2, 0.25) is 0 Å². The van der Waals surface area contributed by atoms with Crippen molar-refractivity contribution in [2.75, 3.05) is 32.4 Å². The number of aliphatic imine (C=N–C) groups is 1. The highest BCUT2D eigenvalue weighted by Gasteiger charge is 2.21. The molecule has 0 unspecified atom stereocenters. The van der Waals surface area contributed by atoms with Gasteiger partial charge in [0.15, 0.2) is 5.96 Å². The number of halogens is 2. The van der Waals surface area contributed by atoms with Gasteiger partial charge in [0.05, 0.1) is 0 Å². The Morgan fingerprint density at radius 1 is 1.27 bits per heavy atom. The summed E-state index contributed by atoms with van der Waals surface area (Å²) in [5, 5.41) is 6.94. The van der Waals surface area contributed by atoms with Gasteiger partial charge >= 0.3 is 0 Å². The summed E-state index contributed by atoms with van der Waals surface area (Å²) < 4.78 is 12.9. The highest BCUT2D eigenvalue weighted by Crippen LogP contribution is 2.18. The van der Waals surface area contributed by atoms with Crippen molar-refractivity contribution in [1.82, 2.24) is 15.5 Å². The largest absolute Gasteiger partial charge is 0.356 e. The van der Waals surface area contributed by atoms with Gasteiger partial charge in [-0.15, -0.1) is 35.7 Å². The summed E-state index contributed by atoms with van der Waals surface area (Å²) in [6, 6.07) is 7.83. The molecule has 0 spiro atoms. The van der Waals surface area contributed by atoms with Gasteiger partial charge in [-0.2, -0.15) is 0 Å². The molecule has 0 aromatic heterocycles. The topological polar surface area (TPSA) is 39.7 Å². The van der Waals surface area contributed by atoms with E-state index in [1.54, 1.807) is 11.8 Å². The molecule has 26 heavy (non-hydrogen) atoms. The van der Waals surface area contributed by atoms with Gasteiger partial charge in [-0.3, -0.25) is 4.99 Å². The molecule has 148 valence electrons. The molecule has 0 atom stereocenters. The Hall–Kier alpha value is -0.540. The van der Waals surface area contributed by atoms with Crippen LogP contribution in [0, 0.1) is 5.82 Å². The lowest BCUT2D eigenvalue weighted by atomic mass is 10.0. The van der Waals surface area contributed by atoms with E-state index in [4.69, 9.17) is 0 Å². The predicted molar refractivity (Wildman–Crippen MR) is 121 cm³/mol. The number of likely N-dealkylation sites (tertiary alicyclic amines) is 1. The van der Waals surface area contributed by atoms with Crippen LogP contribution in [0.15, 0.2) is 34.2 Å². The minimum atomic E-state index is -0.180. The molecule has 2 N–H and O–H groups in total. The number of guanidine groups is 1. The van der Waals surface area contributed by atoms with E-state index in [1.807, 2.05) is 19.2 Å². The second kappa shape index (κ2) is 12.8. The van der Waals surface area contributed by atoms with Gasteiger partial charge in [0.1, 0.15) is 5.82 Å². The Labute approximate surface area is 178 Å². The average molecular weight is 494 g/mol. The van der Waals surface area contributed by atoms with Crippen LogP contribution in [0.2, 0.25) is 0 Å². The van der Waals surface area contributed by atoms with Crippen LogP contribution in [0.5, 0.6) is 0 Å². The molecule has 7 heteroatoms. The SMILES string of the molecule is CN=C(NCCCSc1ccc(F)cc1)NC1CCN(C(C)C)CC1.I. The van der Waals surface area contributed by atoms with Gasteiger partial charge < -0.3 is 15.5 Å². The van der Waals surface area contributed by atoms with Crippen molar-refractivity contribution in [1.29, 1.82) is 0 Å². The number of benzene rings is 1. The maximum Gasteiger partial charge on any atom is 0.191 e. The molecule has 1 saturated heterocycles. The van der Waals surface area contributed by atoms with Crippen LogP contribution >= 0.6 is 35.7 Å². The van der Waals surface area contributed by atoms with Crippen LogP contribution in [0.3, 0.4) is 0 Å². The summed E-state index contributed by atoms with van der Waals surface area (Å²) in [7, 11) is 1.83. The zero-order valence-corrected chi connectivity index (χ0v) is 19.1. The van der Waals surface area contributed by atoms with Crippen LogP contribution in [0.1, 0.15) is 33.1 Å². The molecule has 1 aromatic rings. The first kappa shape index (κ1) is 23.5. The summed E-state index contributed by atoms with van der Waals surface area (Å²) >= 11 is 1.75. The van der Waals surface area contributed by atoms with Gasteiger partial charge in [0.25, 0.3) is 0 Å². The van der Waals surface area contributed by atoms with Crippen molar-refractivity contribution in [3.8, 4) is 0 Å². The van der Waals surface area contributed by atoms with Crippen molar-refractivity contribution in [3.05, 3.63) is 30.1 Å². The monoisotopic (exact) mass is 494 g/mol. The number of hydrogen-bond acceptors (Lipinski definition) is 3. The number of nitrogens with one attached hydrogen (secondary N) is 2. The minimum Gasteiger partial charge on any atom is -0.356 e. The molecule has 0 bridgehead atoms. The zero-order chi connectivity index (χ0) is 18.1. The zero-order valence-electron chi connectivity index (χ0n) is 16.0. The number of nitrogens with zero attached hydrogens (tertiary/aromatic N) is 2. The first-order chi connectivity index (χ1) is 12.1. The fourth-order valence-electron chi connectivity index (χ4n) is 2.95. The number of piperidine rings is 1. The highest BCUT2D eigenvalue weighted by molar-refractivity contribution is 14.0. The molecule has 2 rings (SSSR count). The van der Waals surface area contributed by atoms with E-state index in [0.717, 1.165) is 42.7 Å². The van der Waals surface area contributed by atoms with Gasteiger partial charge in [-0.25, -0.2) is 4.39 Å². The molecule has 1 aromatic carbocycles. The summed E-state index contributed by atoms with van der Waals surface area (Å²) in [5.74, 6) is 1.72. The first-order valence-electron chi connectivity index (χ1n) is 9.18. The molecular weight excluding hydrogens is 462 g/mol. The van der Waals surface area contributed by atoms with Crippen LogP contribution in [0.25, 0.3) is 0 Å². The van der Waals surface area contributed by atoms with Crippen LogP contribution in [-0.4, -0.2) is 55.4 Å². The van der Waals surface area contributed by atoms with E-state index >= 15 is 0 Å². The second-order valence-corrected chi connectivity index (χ2v) is 7.87. The van der Waals surface area contributed by atoms with Crippen LogP contribution in [-0.2, 0) is 0 Å². The van der Waals surface area contributed by atoms with E-state index in [-0.39, 0.29) is 29.8 Å². The van der Waals surface area contributed by atoms with E-state index in [2.05, 4.69) is 34.4 Å². The lowest BCUT2D eigenvalue weighted by molar-refractivity contribution is 0.167. The fourth-order valence-corrected chi connectivity index (χ4v) is 3.80. The molecule has 1 aliphatic heterocycles. The maximum absolute atomic E-state index is 12.9. The van der Waals surface area contributed by atoms with Crippen molar-refractivity contribution in [2.24, 2.45) is 4.99 Å². The summed E-state index contributed by atoms with van der Waals surface area (Å²) in [6.07, 6.45) is 3.37. The molecule has 1 aliphatic rings. The van der Waals surface area contributed by atoms with E-state index in [0.29, 0.717) is 12.1 Å². The van der Waals surface area contributed by atoms with E-state index in [1.165, 1.54) is 25.0 Å². The third-order valence-corrected chi connectivity index (χ3v) is 5.62. The Bertz CT molecular complexity index is 531. The quantitative estimate of drug-likeness (QED) is 0.198. The van der Waals surface area contributed by atoms with Crippen LogP contribution in [0.4, 0.5) is 4.39 Å². The summed E-state index contributed by atoms with van der Waals surface area (Å²) in [4.78, 5) is 7.97. The lowest BCUT2D eigenvalue weighted by Crippen LogP contribution is -2.50. The van der Waals surface area contributed by atoms with Crippen LogP contribution < -0.4 is 10.6 Å². The third kappa shape index (κ3) is 8.43. The number of hydrogen-bond donors (Lipinski definition) is 2. The van der Waals surface area contributed by atoms with E-state index < -0.39 is 0 Å². The van der Waals surface area contributed by atoms with Crippen molar-refractivity contribution >= 4 is 41.7 Å². The normalized spacial score (nSPS) is 16.4. The van der Waals surface area contributed by atoms with Gasteiger partial charge in [-0.05, 0) is 63.1 Å². The molecule has 0 amide bonds. The van der Waals surface area contributed by atoms with Crippen molar-refractivity contribution in [2.45, 2.75) is 50.1 Å². The average Bonchev–Trinajstić information content (AvgIpc) is 2.62. The smallest absolute Gasteiger partial charge is 0.191 e. The van der Waals surface area contributed by atoms with Crippen molar-refractivity contribution in [3.63, 3.8) is 0 Å². The number of thioether (sulfide) groups is 1. The predicted octanol–water partition coefficient (Wildman–Crippen LogP) is 3.96. The first-order valence-corrected chi connectivity index (χ1v) is 10.2. The lowest BCUT2D eigenvalue weighted by Gasteiger charge is -2.35. The Morgan fingerprint density at radius 3 is 2.50 bits per heavy atom. The Balaban J connectivity index is 0.00000338. The Kier molecular flexibility index (Phi) is 11.5. The summed E-state index contributed by atoms with van der Waals surface area (Å²) in [6.45, 7) is 7.72. The fraction of sp³-hybridized carbons (Fsp3) is 0.632. The molecule has 0 aliphatic carbocycles. The third-order valence-electron chi connectivity index (χ3n) is 4.52. The van der Waals surface area contributed by atoms with Gasteiger partial charge in [-0.1, -0.05) is 0 Å². The molecule has 0 saturated carbocycles. The molecule has 1 heterocycles. The molecular formula is C19H32FIN4S. The standard InChI is InChI=1S/C19H31FN4S.HI/c1-15(2)24-12-9-17(10-13-24)23-19(21-3)22-11-4-14-25-18-7-5-16(20)6-8-18;/h5-8,15,17H,4,9-14H2,1-3H3,(H2,21,22,23);1H. The maximum atomic E-state index is 12.9.